The van der Waals surface area contributed by atoms with Crippen molar-refractivity contribution in [2.24, 2.45) is 10.2 Å². The fourth-order valence-electron chi connectivity index (χ4n) is 2.88. The molecule has 0 heterocycles. The van der Waals surface area contributed by atoms with Gasteiger partial charge >= 0.3 is 5.97 Å². The Morgan fingerprint density at radius 2 is 1.50 bits per heavy atom. The topological polar surface area (TPSA) is 80.5 Å². The summed E-state index contributed by atoms with van der Waals surface area (Å²) in [6.07, 6.45) is 6.86. The van der Waals surface area contributed by atoms with Gasteiger partial charge in [-0.25, -0.2) is 0 Å². The van der Waals surface area contributed by atoms with E-state index >= 15 is 0 Å². The Balaban J connectivity index is 1.77. The van der Waals surface area contributed by atoms with Gasteiger partial charge in [-0.1, -0.05) is 26.2 Å². The fourth-order valence-corrected chi connectivity index (χ4v) is 2.88. The van der Waals surface area contributed by atoms with Gasteiger partial charge in [0.05, 0.1) is 24.1 Å². The van der Waals surface area contributed by atoms with Crippen molar-refractivity contribution in [1.29, 1.82) is 0 Å². The van der Waals surface area contributed by atoms with E-state index in [9.17, 15) is 4.79 Å². The molecule has 6 heteroatoms. The first-order valence-electron chi connectivity index (χ1n) is 10.7. The van der Waals surface area contributed by atoms with E-state index in [-0.39, 0.29) is 12.5 Å². The largest absolute Gasteiger partial charge is 0.494 e. The van der Waals surface area contributed by atoms with Crippen LogP contribution >= 0.6 is 0 Å². The van der Waals surface area contributed by atoms with E-state index in [2.05, 4.69) is 24.1 Å². The molecule has 0 saturated heterocycles. The molecule has 2 aromatic rings. The van der Waals surface area contributed by atoms with Crippen LogP contribution in [0.3, 0.4) is 0 Å². The van der Waals surface area contributed by atoms with E-state index in [1.165, 1.54) is 25.7 Å². The molecule has 1 N–H and O–H groups in total. The van der Waals surface area contributed by atoms with Crippen molar-refractivity contribution in [3.05, 3.63) is 48.5 Å². The van der Waals surface area contributed by atoms with Crippen molar-refractivity contribution in [2.45, 2.75) is 64.9 Å². The summed E-state index contributed by atoms with van der Waals surface area (Å²) in [7, 11) is 0. The predicted octanol–water partition coefficient (Wildman–Crippen LogP) is 7.08. The number of carbonyl (C=O) groups is 1. The highest BCUT2D eigenvalue weighted by molar-refractivity contribution is 5.66. The highest BCUT2D eigenvalue weighted by atomic mass is 16.5. The van der Waals surface area contributed by atoms with E-state index in [0.717, 1.165) is 17.9 Å². The van der Waals surface area contributed by atoms with Crippen LogP contribution in [0.5, 0.6) is 11.5 Å². The van der Waals surface area contributed by atoms with Gasteiger partial charge in [-0.2, -0.15) is 10.2 Å². The van der Waals surface area contributed by atoms with Crippen molar-refractivity contribution in [3.8, 4) is 11.5 Å². The number of carboxylic acids is 1. The van der Waals surface area contributed by atoms with Crippen molar-refractivity contribution < 1.29 is 19.4 Å². The zero-order valence-electron chi connectivity index (χ0n) is 17.9. The standard InChI is InChI=1S/C24H32N2O4/c1-3-4-5-6-8-19(2)30-23-16-12-21(13-17-23)26-25-20-10-14-22(15-11-20)29-18-7-9-24(27)28/h10-17,19H,3-9,18H2,1-2H3,(H,27,28)/t19-/m0/s1. The lowest BCUT2D eigenvalue weighted by Gasteiger charge is -2.14. The number of ether oxygens (including phenoxy) is 2. The number of azo groups is 1. The third kappa shape index (κ3) is 9.54. The predicted molar refractivity (Wildman–Crippen MR) is 118 cm³/mol. The van der Waals surface area contributed by atoms with Crippen LogP contribution in [0, 0.1) is 0 Å². The van der Waals surface area contributed by atoms with Crippen molar-refractivity contribution in [2.75, 3.05) is 6.61 Å². The Bertz CT molecular complexity index is 773. The monoisotopic (exact) mass is 412 g/mol. The van der Waals surface area contributed by atoms with Gasteiger partial charge in [0.1, 0.15) is 11.5 Å². The average molecular weight is 413 g/mol. The first-order chi connectivity index (χ1) is 14.6. The normalized spacial score (nSPS) is 12.1. The number of benzene rings is 2. The van der Waals surface area contributed by atoms with Crippen LogP contribution in [-0.4, -0.2) is 23.8 Å². The minimum Gasteiger partial charge on any atom is -0.494 e. The Morgan fingerprint density at radius 1 is 0.900 bits per heavy atom. The Kier molecular flexibility index (Phi) is 10.4. The first-order valence-corrected chi connectivity index (χ1v) is 10.7. The molecule has 0 radical (unpaired) electrons. The van der Waals surface area contributed by atoms with Crippen LogP contribution in [0.1, 0.15) is 58.8 Å². The van der Waals surface area contributed by atoms with Gasteiger partial charge in [-0.3, -0.25) is 4.79 Å². The smallest absolute Gasteiger partial charge is 0.303 e. The van der Waals surface area contributed by atoms with Crippen molar-refractivity contribution in [3.63, 3.8) is 0 Å². The molecular weight excluding hydrogens is 380 g/mol. The molecule has 0 unspecified atom stereocenters. The number of rotatable bonds is 14. The molecule has 0 fully saturated rings. The third-order valence-corrected chi connectivity index (χ3v) is 4.56. The van der Waals surface area contributed by atoms with Crippen LogP contribution in [0.25, 0.3) is 0 Å². The van der Waals surface area contributed by atoms with E-state index in [0.29, 0.717) is 24.5 Å². The number of carboxylic acid groups (broad SMARTS) is 1. The van der Waals surface area contributed by atoms with Crippen LogP contribution in [-0.2, 0) is 4.79 Å². The highest BCUT2D eigenvalue weighted by Crippen LogP contribution is 2.24. The second kappa shape index (κ2) is 13.4. The lowest BCUT2D eigenvalue weighted by atomic mass is 10.1. The molecule has 0 aliphatic carbocycles. The van der Waals surface area contributed by atoms with Crippen LogP contribution in [0.15, 0.2) is 58.8 Å². The zero-order valence-corrected chi connectivity index (χ0v) is 17.9. The lowest BCUT2D eigenvalue weighted by Crippen LogP contribution is -2.11. The summed E-state index contributed by atoms with van der Waals surface area (Å²) in [4.78, 5) is 10.5. The summed E-state index contributed by atoms with van der Waals surface area (Å²) in [5.74, 6) is 0.719. The molecule has 1 atom stereocenters. The first kappa shape index (κ1) is 23.4. The average Bonchev–Trinajstić information content (AvgIpc) is 2.74. The summed E-state index contributed by atoms with van der Waals surface area (Å²) < 4.78 is 11.5. The summed E-state index contributed by atoms with van der Waals surface area (Å²) in [5, 5.41) is 17.1. The molecule has 2 aromatic carbocycles. The molecular formula is C24H32N2O4. The van der Waals surface area contributed by atoms with Crippen LogP contribution in [0.4, 0.5) is 11.4 Å². The van der Waals surface area contributed by atoms with E-state index < -0.39 is 5.97 Å². The molecule has 0 spiro atoms. The van der Waals surface area contributed by atoms with Gasteiger partial charge < -0.3 is 14.6 Å². The van der Waals surface area contributed by atoms with Gasteiger partial charge in [-0.05, 0) is 74.7 Å². The lowest BCUT2D eigenvalue weighted by molar-refractivity contribution is -0.137. The SMILES string of the molecule is CCCCCC[C@H](C)Oc1ccc(N=Nc2ccc(OCCCC(=O)O)cc2)cc1. The second-order valence-electron chi connectivity index (χ2n) is 7.31. The summed E-state index contributed by atoms with van der Waals surface area (Å²) in [5.41, 5.74) is 1.47. The molecule has 0 aliphatic rings. The van der Waals surface area contributed by atoms with Gasteiger partial charge in [0.15, 0.2) is 0 Å². The third-order valence-electron chi connectivity index (χ3n) is 4.56. The maximum atomic E-state index is 10.5. The molecule has 6 nitrogen and oxygen atoms in total. The minimum absolute atomic E-state index is 0.105. The highest BCUT2D eigenvalue weighted by Gasteiger charge is 2.04. The Hall–Kier alpha value is -2.89. The summed E-state index contributed by atoms with van der Waals surface area (Å²) >= 11 is 0. The molecule has 30 heavy (non-hydrogen) atoms. The number of nitrogens with zero attached hydrogens (tertiary/aromatic N) is 2. The molecule has 162 valence electrons. The molecule has 0 saturated carbocycles. The Labute approximate surface area is 178 Å². The van der Waals surface area contributed by atoms with Crippen molar-refractivity contribution >= 4 is 17.3 Å². The summed E-state index contributed by atoms with van der Waals surface area (Å²) in [6.45, 7) is 4.70. The van der Waals surface area contributed by atoms with Gasteiger partial charge in [0.25, 0.3) is 0 Å². The maximum absolute atomic E-state index is 10.5. The molecule has 0 bridgehead atoms. The molecule has 0 amide bonds. The molecule has 0 aliphatic heterocycles. The molecule has 0 aromatic heterocycles. The number of hydrogen-bond donors (Lipinski definition) is 1. The van der Waals surface area contributed by atoms with Crippen LogP contribution in [0.2, 0.25) is 0 Å². The number of aliphatic carboxylic acids is 1. The van der Waals surface area contributed by atoms with E-state index in [1.54, 1.807) is 12.1 Å². The fraction of sp³-hybridized carbons (Fsp3) is 0.458. The van der Waals surface area contributed by atoms with E-state index in [4.69, 9.17) is 14.6 Å². The van der Waals surface area contributed by atoms with Crippen molar-refractivity contribution in [1.82, 2.24) is 0 Å². The van der Waals surface area contributed by atoms with Crippen LogP contribution < -0.4 is 9.47 Å². The number of hydrogen-bond acceptors (Lipinski definition) is 5. The Morgan fingerprint density at radius 3 is 2.07 bits per heavy atom. The van der Waals surface area contributed by atoms with E-state index in [1.807, 2.05) is 36.4 Å². The zero-order chi connectivity index (χ0) is 21.6. The minimum atomic E-state index is -0.814. The summed E-state index contributed by atoms with van der Waals surface area (Å²) in [6, 6.07) is 14.9. The quantitative estimate of drug-likeness (QED) is 0.265. The maximum Gasteiger partial charge on any atom is 0.303 e. The second-order valence-corrected chi connectivity index (χ2v) is 7.31. The molecule has 2 rings (SSSR count). The van der Waals surface area contributed by atoms with Gasteiger partial charge in [-0.15, -0.1) is 0 Å². The van der Waals surface area contributed by atoms with Gasteiger partial charge in [0, 0.05) is 6.42 Å². The number of unbranched alkanes of at least 4 members (excludes halogenated alkanes) is 3. The van der Waals surface area contributed by atoms with Gasteiger partial charge in [0.2, 0.25) is 0 Å².